The third-order valence-corrected chi connectivity index (χ3v) is 6.60. The third kappa shape index (κ3) is 4.21. The molecule has 1 saturated heterocycles. The Morgan fingerprint density at radius 1 is 0.886 bits per heavy atom. The van der Waals surface area contributed by atoms with Crippen LogP contribution in [0.15, 0.2) is 91.0 Å². The number of non-ortho nitro benzene ring substituents is 2. The van der Waals surface area contributed by atoms with Crippen molar-refractivity contribution in [3.05, 3.63) is 128 Å². The lowest BCUT2D eigenvalue weighted by molar-refractivity contribution is -0.385. The Morgan fingerprint density at radius 3 is 2.29 bits per heavy atom. The first-order valence-corrected chi connectivity index (χ1v) is 11.2. The third-order valence-electron chi connectivity index (χ3n) is 6.60. The highest BCUT2D eigenvalue weighted by molar-refractivity contribution is 5.98. The van der Waals surface area contributed by atoms with Gasteiger partial charge < -0.3 is 4.90 Å². The first kappa shape index (κ1) is 22.2. The van der Waals surface area contributed by atoms with Gasteiger partial charge in [0.1, 0.15) is 0 Å². The first-order chi connectivity index (χ1) is 16.9. The number of nitro benzene ring substituents is 2. The number of nitro groups is 2. The van der Waals surface area contributed by atoms with Crippen molar-refractivity contribution in [3.8, 4) is 0 Å². The van der Waals surface area contributed by atoms with Crippen molar-refractivity contribution in [2.45, 2.75) is 24.4 Å². The molecule has 0 N–H and O–H groups in total. The van der Waals surface area contributed by atoms with Gasteiger partial charge in [-0.25, -0.2) is 0 Å². The molecule has 0 saturated carbocycles. The van der Waals surface area contributed by atoms with Crippen LogP contribution in [0.5, 0.6) is 0 Å². The van der Waals surface area contributed by atoms with Gasteiger partial charge in [-0.15, -0.1) is 0 Å². The quantitative estimate of drug-likeness (QED) is 0.274. The standard InChI is InChI=1S/C27H21N3O5/c31-27-14-13-24-23(19-6-2-1-3-7-19)17-26(27)28(24)25(20-9-11-21(12-10-20)29(32)33)16-18-5-4-8-22(15-18)30(34)35/h1-16,23-24,26H,17H2/b25-16+/t23-,24?,26?/m0/s1. The van der Waals surface area contributed by atoms with Crippen molar-refractivity contribution in [3.63, 3.8) is 0 Å². The fraction of sp³-hybridized carbons (Fsp3) is 0.148. The van der Waals surface area contributed by atoms with E-state index in [2.05, 4.69) is 17.0 Å². The number of rotatable bonds is 6. The molecule has 3 aromatic carbocycles. The maximum Gasteiger partial charge on any atom is 0.270 e. The molecule has 8 heteroatoms. The summed E-state index contributed by atoms with van der Waals surface area (Å²) in [5, 5.41) is 22.5. The van der Waals surface area contributed by atoms with E-state index in [0.717, 1.165) is 5.56 Å². The molecular formula is C27H21N3O5. The monoisotopic (exact) mass is 467 g/mol. The maximum absolute atomic E-state index is 13.0. The van der Waals surface area contributed by atoms with E-state index in [1.165, 1.54) is 24.3 Å². The molecule has 2 unspecified atom stereocenters. The molecule has 3 atom stereocenters. The van der Waals surface area contributed by atoms with Crippen LogP contribution in [0.25, 0.3) is 11.8 Å². The Kier molecular flexibility index (Phi) is 5.70. The molecule has 2 aliphatic heterocycles. The highest BCUT2D eigenvalue weighted by Gasteiger charge is 2.46. The number of benzene rings is 3. The molecule has 0 aliphatic carbocycles. The van der Waals surface area contributed by atoms with E-state index in [9.17, 15) is 25.0 Å². The molecule has 2 heterocycles. The van der Waals surface area contributed by atoms with Gasteiger partial charge in [-0.1, -0.05) is 48.5 Å². The number of ketones is 1. The van der Waals surface area contributed by atoms with Crippen LogP contribution >= 0.6 is 0 Å². The molecule has 35 heavy (non-hydrogen) atoms. The van der Waals surface area contributed by atoms with Crippen LogP contribution in [-0.4, -0.2) is 32.6 Å². The topological polar surface area (TPSA) is 107 Å². The maximum atomic E-state index is 13.0. The van der Waals surface area contributed by atoms with Crippen LogP contribution in [-0.2, 0) is 4.79 Å². The largest absolute Gasteiger partial charge is 0.354 e. The second kappa shape index (κ2) is 8.98. The smallest absolute Gasteiger partial charge is 0.270 e. The number of nitrogens with zero attached hydrogens (tertiary/aromatic N) is 3. The van der Waals surface area contributed by atoms with Crippen molar-refractivity contribution < 1.29 is 14.6 Å². The predicted molar refractivity (Wildman–Crippen MR) is 131 cm³/mol. The van der Waals surface area contributed by atoms with E-state index in [-0.39, 0.29) is 29.1 Å². The van der Waals surface area contributed by atoms with Crippen LogP contribution in [0.1, 0.15) is 29.0 Å². The van der Waals surface area contributed by atoms with Gasteiger partial charge in [0.25, 0.3) is 11.4 Å². The van der Waals surface area contributed by atoms with Gasteiger partial charge in [0.2, 0.25) is 0 Å². The minimum atomic E-state index is -0.462. The second-order valence-corrected chi connectivity index (χ2v) is 8.61. The van der Waals surface area contributed by atoms with Crippen molar-refractivity contribution in [2.24, 2.45) is 0 Å². The summed E-state index contributed by atoms with van der Waals surface area (Å²) in [6.07, 6.45) is 5.99. The van der Waals surface area contributed by atoms with Gasteiger partial charge >= 0.3 is 0 Å². The molecule has 5 rings (SSSR count). The highest BCUT2D eigenvalue weighted by atomic mass is 16.6. The van der Waals surface area contributed by atoms with E-state index in [1.54, 1.807) is 30.3 Å². The van der Waals surface area contributed by atoms with E-state index in [1.807, 2.05) is 30.4 Å². The lowest BCUT2D eigenvalue weighted by atomic mass is 9.91. The zero-order valence-electron chi connectivity index (χ0n) is 18.6. The van der Waals surface area contributed by atoms with Crippen molar-refractivity contribution in [1.29, 1.82) is 0 Å². The van der Waals surface area contributed by atoms with Crippen molar-refractivity contribution >= 4 is 28.9 Å². The number of hydrogen-bond donors (Lipinski definition) is 0. The van der Waals surface area contributed by atoms with E-state index >= 15 is 0 Å². The molecule has 0 amide bonds. The van der Waals surface area contributed by atoms with Crippen LogP contribution in [0, 0.1) is 20.2 Å². The second-order valence-electron chi connectivity index (χ2n) is 8.61. The van der Waals surface area contributed by atoms with Gasteiger partial charge in [0, 0.05) is 35.9 Å². The van der Waals surface area contributed by atoms with Gasteiger partial charge in [0.05, 0.1) is 21.9 Å². The molecule has 0 spiro atoms. The molecule has 3 aromatic rings. The lowest BCUT2D eigenvalue weighted by Crippen LogP contribution is -2.41. The predicted octanol–water partition coefficient (Wildman–Crippen LogP) is 5.37. The molecule has 2 bridgehead atoms. The molecule has 0 aromatic heterocycles. The minimum absolute atomic E-state index is 0.00784. The SMILES string of the molecule is O=C1C=CC2[C@H](c3ccccc3)CC1N2/C(=C/c1cccc([N+](=O)[O-])c1)c1ccc([N+](=O)[O-])cc1. The summed E-state index contributed by atoms with van der Waals surface area (Å²) >= 11 is 0. The zero-order valence-corrected chi connectivity index (χ0v) is 18.6. The normalized spacial score (nSPS) is 21.3. The van der Waals surface area contributed by atoms with Gasteiger partial charge in [-0.05, 0) is 47.4 Å². The molecule has 1 fully saturated rings. The van der Waals surface area contributed by atoms with E-state index < -0.39 is 15.9 Å². The number of fused-ring (bicyclic) bond motifs is 2. The Labute approximate surface area is 201 Å². The van der Waals surface area contributed by atoms with Crippen LogP contribution < -0.4 is 0 Å². The van der Waals surface area contributed by atoms with Crippen LogP contribution in [0.3, 0.4) is 0 Å². The van der Waals surface area contributed by atoms with E-state index in [0.29, 0.717) is 23.2 Å². The van der Waals surface area contributed by atoms with Crippen LogP contribution in [0.2, 0.25) is 0 Å². The molecule has 174 valence electrons. The van der Waals surface area contributed by atoms with Gasteiger partial charge in [-0.3, -0.25) is 25.0 Å². The first-order valence-electron chi connectivity index (χ1n) is 11.2. The average molecular weight is 467 g/mol. The number of carbonyl (C=O) groups is 1. The van der Waals surface area contributed by atoms with Gasteiger partial charge in [-0.2, -0.15) is 0 Å². The van der Waals surface area contributed by atoms with E-state index in [4.69, 9.17) is 0 Å². The summed E-state index contributed by atoms with van der Waals surface area (Å²) in [5.41, 5.74) is 3.03. The summed E-state index contributed by atoms with van der Waals surface area (Å²) in [6, 6.07) is 21.9. The molecule has 0 radical (unpaired) electrons. The average Bonchev–Trinajstić information content (AvgIpc) is 3.17. The Bertz CT molecular complexity index is 1370. The van der Waals surface area contributed by atoms with Crippen molar-refractivity contribution in [2.75, 3.05) is 0 Å². The fourth-order valence-corrected chi connectivity index (χ4v) is 4.99. The number of carbonyl (C=O) groups excluding carboxylic acids is 1. The summed E-state index contributed by atoms with van der Waals surface area (Å²) in [6.45, 7) is 0. The Balaban J connectivity index is 1.64. The lowest BCUT2D eigenvalue weighted by Gasteiger charge is -2.36. The molecular weight excluding hydrogens is 446 g/mol. The highest BCUT2D eigenvalue weighted by Crippen LogP contribution is 2.45. The molecule has 2 aliphatic rings. The zero-order chi connectivity index (χ0) is 24.5. The fourth-order valence-electron chi connectivity index (χ4n) is 4.99. The summed E-state index contributed by atoms with van der Waals surface area (Å²) in [7, 11) is 0. The summed E-state index contributed by atoms with van der Waals surface area (Å²) < 4.78 is 0. The molecule has 8 nitrogen and oxygen atoms in total. The van der Waals surface area contributed by atoms with Crippen LogP contribution in [0.4, 0.5) is 11.4 Å². The summed E-state index contributed by atoms with van der Waals surface area (Å²) in [5.74, 6) is 0.0713. The summed E-state index contributed by atoms with van der Waals surface area (Å²) in [4.78, 5) is 36.6. The number of hydrogen-bond acceptors (Lipinski definition) is 6. The minimum Gasteiger partial charge on any atom is -0.354 e. The Morgan fingerprint density at radius 2 is 1.60 bits per heavy atom. The van der Waals surface area contributed by atoms with Gasteiger partial charge in [0.15, 0.2) is 5.78 Å². The Hall–Kier alpha value is -4.59. The van der Waals surface area contributed by atoms with Crippen molar-refractivity contribution in [1.82, 2.24) is 4.90 Å².